The van der Waals surface area contributed by atoms with Crippen molar-refractivity contribution < 1.29 is 4.42 Å². The molecule has 0 amide bonds. The fraction of sp³-hybridized carbons (Fsp3) is 0.429. The van der Waals surface area contributed by atoms with Crippen LogP contribution in [0.5, 0.6) is 0 Å². The zero-order valence-electron chi connectivity index (χ0n) is 10.6. The van der Waals surface area contributed by atoms with Gasteiger partial charge in [0.1, 0.15) is 5.38 Å². The Morgan fingerprint density at radius 2 is 1.89 bits per heavy atom. The minimum atomic E-state index is -0.369. The first-order chi connectivity index (χ1) is 8.66. The lowest BCUT2D eigenvalue weighted by molar-refractivity contribution is 0.433. The van der Waals surface area contributed by atoms with E-state index in [-0.39, 0.29) is 5.38 Å². The highest BCUT2D eigenvalue weighted by Crippen LogP contribution is 2.27. The van der Waals surface area contributed by atoms with E-state index in [2.05, 4.69) is 24.0 Å². The molecule has 0 aliphatic carbocycles. The third-order valence-electron chi connectivity index (χ3n) is 2.73. The topological polar surface area (TPSA) is 38.9 Å². The molecule has 4 heteroatoms. The minimum absolute atomic E-state index is 0.369. The van der Waals surface area contributed by atoms with Gasteiger partial charge in [-0.05, 0) is 17.9 Å². The van der Waals surface area contributed by atoms with Gasteiger partial charge in [0.2, 0.25) is 11.8 Å². The SMILES string of the molecule is CC(C)CCc1nnc([C@H](Cl)c2ccccc2)o1. The van der Waals surface area contributed by atoms with E-state index in [4.69, 9.17) is 16.0 Å². The fourth-order valence-corrected chi connectivity index (χ4v) is 1.88. The highest BCUT2D eigenvalue weighted by molar-refractivity contribution is 6.22. The first kappa shape index (κ1) is 13.1. The fourth-order valence-electron chi connectivity index (χ4n) is 1.65. The number of hydrogen-bond acceptors (Lipinski definition) is 3. The summed E-state index contributed by atoms with van der Waals surface area (Å²) in [5.74, 6) is 1.77. The second-order valence-corrected chi connectivity index (χ2v) is 5.18. The van der Waals surface area contributed by atoms with Crippen LogP contribution in [0.1, 0.15) is 43.0 Å². The number of hydrogen-bond donors (Lipinski definition) is 0. The van der Waals surface area contributed by atoms with Gasteiger partial charge >= 0.3 is 0 Å². The largest absolute Gasteiger partial charge is 0.423 e. The average Bonchev–Trinajstić information content (AvgIpc) is 2.85. The third-order valence-corrected chi connectivity index (χ3v) is 3.17. The molecule has 0 aliphatic rings. The summed E-state index contributed by atoms with van der Waals surface area (Å²) in [6.07, 6.45) is 1.85. The Hall–Kier alpha value is -1.35. The average molecular weight is 265 g/mol. The summed E-state index contributed by atoms with van der Waals surface area (Å²) in [5, 5.41) is 7.69. The molecule has 0 saturated carbocycles. The molecule has 18 heavy (non-hydrogen) atoms. The molecular formula is C14H17ClN2O. The zero-order valence-corrected chi connectivity index (χ0v) is 11.4. The first-order valence-corrected chi connectivity index (χ1v) is 6.61. The monoisotopic (exact) mass is 264 g/mol. The molecule has 96 valence electrons. The van der Waals surface area contributed by atoms with Crippen molar-refractivity contribution in [1.82, 2.24) is 10.2 Å². The van der Waals surface area contributed by atoms with Crippen molar-refractivity contribution in [2.45, 2.75) is 32.1 Å². The molecule has 0 unspecified atom stereocenters. The number of aromatic nitrogens is 2. The van der Waals surface area contributed by atoms with E-state index in [1.807, 2.05) is 30.3 Å². The van der Waals surface area contributed by atoms with E-state index in [9.17, 15) is 0 Å². The summed E-state index contributed by atoms with van der Waals surface area (Å²) in [4.78, 5) is 0. The number of rotatable bonds is 5. The molecule has 3 nitrogen and oxygen atoms in total. The molecule has 0 fully saturated rings. The summed E-state index contributed by atoms with van der Waals surface area (Å²) < 4.78 is 5.60. The third kappa shape index (κ3) is 3.33. The van der Waals surface area contributed by atoms with Crippen LogP contribution in [0.4, 0.5) is 0 Å². The smallest absolute Gasteiger partial charge is 0.238 e. The van der Waals surface area contributed by atoms with Crippen LogP contribution in [0.2, 0.25) is 0 Å². The normalized spacial score (nSPS) is 12.9. The summed E-state index contributed by atoms with van der Waals surface area (Å²) in [6.45, 7) is 4.34. The van der Waals surface area contributed by atoms with Crippen molar-refractivity contribution in [1.29, 1.82) is 0 Å². The van der Waals surface area contributed by atoms with Gasteiger partial charge in [0, 0.05) is 6.42 Å². The molecule has 0 spiro atoms. The Morgan fingerprint density at radius 3 is 2.56 bits per heavy atom. The van der Waals surface area contributed by atoms with Gasteiger partial charge in [-0.2, -0.15) is 0 Å². The number of nitrogens with zero attached hydrogens (tertiary/aromatic N) is 2. The minimum Gasteiger partial charge on any atom is -0.423 e. The van der Waals surface area contributed by atoms with E-state index < -0.39 is 0 Å². The molecule has 0 saturated heterocycles. The number of alkyl halides is 1. The second-order valence-electron chi connectivity index (χ2n) is 4.74. The highest BCUT2D eigenvalue weighted by Gasteiger charge is 2.17. The summed E-state index contributed by atoms with van der Waals surface area (Å²) in [5.41, 5.74) is 0.971. The Morgan fingerprint density at radius 1 is 1.17 bits per heavy atom. The van der Waals surface area contributed by atoms with Crippen molar-refractivity contribution in [2.75, 3.05) is 0 Å². The van der Waals surface area contributed by atoms with Crippen molar-refractivity contribution in [3.05, 3.63) is 47.7 Å². The van der Waals surface area contributed by atoms with Crippen LogP contribution in [0, 0.1) is 5.92 Å². The second kappa shape index (κ2) is 6.01. The summed E-state index contributed by atoms with van der Waals surface area (Å²) in [7, 11) is 0. The van der Waals surface area contributed by atoms with Crippen molar-refractivity contribution in [2.24, 2.45) is 5.92 Å². The van der Waals surface area contributed by atoms with Gasteiger partial charge in [0.05, 0.1) is 0 Å². The van der Waals surface area contributed by atoms with Gasteiger partial charge in [-0.25, -0.2) is 0 Å². The van der Waals surface area contributed by atoms with E-state index in [1.165, 1.54) is 0 Å². The lowest BCUT2D eigenvalue weighted by atomic mass is 10.1. The molecule has 0 aliphatic heterocycles. The van der Waals surface area contributed by atoms with Gasteiger partial charge in [-0.1, -0.05) is 44.2 Å². The van der Waals surface area contributed by atoms with E-state index in [1.54, 1.807) is 0 Å². The Balaban J connectivity index is 2.06. The lowest BCUT2D eigenvalue weighted by Crippen LogP contribution is -1.93. The summed E-state index contributed by atoms with van der Waals surface area (Å²) in [6, 6.07) is 9.75. The molecule has 1 heterocycles. The maximum Gasteiger partial charge on any atom is 0.238 e. The number of halogens is 1. The van der Waals surface area contributed by atoms with Crippen LogP contribution < -0.4 is 0 Å². The van der Waals surface area contributed by atoms with E-state index >= 15 is 0 Å². The maximum absolute atomic E-state index is 6.31. The Bertz CT molecular complexity index is 482. The number of aryl methyl sites for hydroxylation is 1. The molecule has 2 rings (SSSR count). The van der Waals surface area contributed by atoms with Gasteiger partial charge in [-0.3, -0.25) is 0 Å². The van der Waals surface area contributed by atoms with Crippen molar-refractivity contribution in [3.63, 3.8) is 0 Å². The Kier molecular flexibility index (Phi) is 4.37. The molecule has 1 aromatic heterocycles. The summed E-state index contributed by atoms with van der Waals surface area (Å²) >= 11 is 6.31. The molecule has 2 aromatic rings. The number of benzene rings is 1. The van der Waals surface area contributed by atoms with Gasteiger partial charge < -0.3 is 4.42 Å². The first-order valence-electron chi connectivity index (χ1n) is 6.18. The van der Waals surface area contributed by atoms with Crippen LogP contribution in [-0.4, -0.2) is 10.2 Å². The standard InChI is InChI=1S/C14H17ClN2O/c1-10(2)8-9-12-16-17-14(18-12)13(15)11-6-4-3-5-7-11/h3-7,10,13H,8-9H2,1-2H3/t13-/m1/s1. The lowest BCUT2D eigenvalue weighted by Gasteiger charge is -2.04. The molecular weight excluding hydrogens is 248 g/mol. The van der Waals surface area contributed by atoms with Gasteiger partial charge in [-0.15, -0.1) is 21.8 Å². The predicted octanol–water partition coefficient (Wildman–Crippen LogP) is 3.99. The molecule has 1 aromatic carbocycles. The highest BCUT2D eigenvalue weighted by atomic mass is 35.5. The van der Waals surface area contributed by atoms with Gasteiger partial charge in [0.25, 0.3) is 0 Å². The predicted molar refractivity (Wildman–Crippen MR) is 71.6 cm³/mol. The van der Waals surface area contributed by atoms with Crippen LogP contribution in [-0.2, 0) is 6.42 Å². The van der Waals surface area contributed by atoms with Crippen LogP contribution in [0.15, 0.2) is 34.7 Å². The molecule has 0 radical (unpaired) electrons. The van der Waals surface area contributed by atoms with E-state index in [0.29, 0.717) is 17.7 Å². The quantitative estimate of drug-likeness (QED) is 0.767. The maximum atomic E-state index is 6.31. The van der Waals surface area contributed by atoms with Crippen LogP contribution >= 0.6 is 11.6 Å². The van der Waals surface area contributed by atoms with Gasteiger partial charge in [0.15, 0.2) is 0 Å². The van der Waals surface area contributed by atoms with Crippen LogP contribution in [0.3, 0.4) is 0 Å². The van der Waals surface area contributed by atoms with Crippen LogP contribution in [0.25, 0.3) is 0 Å². The van der Waals surface area contributed by atoms with Crippen molar-refractivity contribution in [3.8, 4) is 0 Å². The molecule has 0 bridgehead atoms. The van der Waals surface area contributed by atoms with Crippen molar-refractivity contribution >= 4 is 11.6 Å². The molecule has 1 atom stereocenters. The van der Waals surface area contributed by atoms with E-state index in [0.717, 1.165) is 18.4 Å². The molecule has 0 N–H and O–H groups in total. The Labute approximate surface area is 112 Å². The zero-order chi connectivity index (χ0) is 13.0.